The Morgan fingerprint density at radius 1 is 1.54 bits per heavy atom. The van der Waals surface area contributed by atoms with Gasteiger partial charge < -0.3 is 10.5 Å². The fourth-order valence-electron chi connectivity index (χ4n) is 1.59. The molecule has 0 saturated carbocycles. The Balaban J connectivity index is 3.11. The molecule has 1 rings (SSSR count). The van der Waals surface area contributed by atoms with E-state index >= 15 is 0 Å². The topological polar surface area (TPSA) is 53.1 Å². The lowest BCUT2D eigenvalue weighted by molar-refractivity contribution is 0.109. The Morgan fingerprint density at radius 2 is 2.15 bits per heavy atom. The molecular formula is C9H17N3O. The highest BCUT2D eigenvalue weighted by Crippen LogP contribution is 2.22. The van der Waals surface area contributed by atoms with Crippen molar-refractivity contribution in [3.05, 3.63) is 17.0 Å². The van der Waals surface area contributed by atoms with Gasteiger partial charge in [0.25, 0.3) is 0 Å². The summed E-state index contributed by atoms with van der Waals surface area (Å²) >= 11 is 0. The van der Waals surface area contributed by atoms with Crippen LogP contribution < -0.4 is 5.73 Å². The Labute approximate surface area is 78.7 Å². The first-order chi connectivity index (χ1) is 6.11. The molecule has 0 amide bonds. The third-order valence-electron chi connectivity index (χ3n) is 2.39. The number of hydrogen-bond donors (Lipinski definition) is 1. The van der Waals surface area contributed by atoms with Gasteiger partial charge in [0, 0.05) is 32.0 Å². The van der Waals surface area contributed by atoms with Gasteiger partial charge in [-0.1, -0.05) is 0 Å². The summed E-state index contributed by atoms with van der Waals surface area (Å²) in [7, 11) is 3.60. The van der Waals surface area contributed by atoms with E-state index in [9.17, 15) is 0 Å². The molecule has 1 atom stereocenters. The maximum atomic E-state index is 5.60. The number of hydrogen-bond acceptors (Lipinski definition) is 3. The molecule has 0 aliphatic heterocycles. The average molecular weight is 183 g/mol. The van der Waals surface area contributed by atoms with Gasteiger partial charge in [0.05, 0.1) is 11.8 Å². The van der Waals surface area contributed by atoms with Crippen LogP contribution in [0.1, 0.15) is 23.1 Å². The van der Waals surface area contributed by atoms with Gasteiger partial charge in [0.1, 0.15) is 0 Å². The van der Waals surface area contributed by atoms with Crippen LogP contribution in [0, 0.1) is 13.8 Å². The van der Waals surface area contributed by atoms with E-state index in [-0.39, 0.29) is 6.10 Å². The molecule has 0 aliphatic rings. The summed E-state index contributed by atoms with van der Waals surface area (Å²) in [5.74, 6) is 0. The van der Waals surface area contributed by atoms with Crippen molar-refractivity contribution in [2.24, 2.45) is 12.8 Å². The van der Waals surface area contributed by atoms with Crippen molar-refractivity contribution in [2.75, 3.05) is 13.7 Å². The van der Waals surface area contributed by atoms with Crippen LogP contribution >= 0.6 is 0 Å². The van der Waals surface area contributed by atoms with Crippen LogP contribution in [0.4, 0.5) is 0 Å². The Kier molecular flexibility index (Phi) is 3.06. The third kappa shape index (κ3) is 1.73. The van der Waals surface area contributed by atoms with E-state index in [2.05, 4.69) is 5.10 Å². The highest BCUT2D eigenvalue weighted by Gasteiger charge is 2.17. The SMILES string of the molecule is COC(CN)c1c(C)nn(C)c1C. The average Bonchev–Trinajstić information content (AvgIpc) is 2.34. The number of methoxy groups -OCH3 is 1. The lowest BCUT2D eigenvalue weighted by Gasteiger charge is -2.13. The second-order valence-corrected chi connectivity index (χ2v) is 3.17. The van der Waals surface area contributed by atoms with E-state index in [1.807, 2.05) is 25.6 Å². The van der Waals surface area contributed by atoms with Crippen molar-refractivity contribution in [1.29, 1.82) is 0 Å². The third-order valence-corrected chi connectivity index (χ3v) is 2.39. The van der Waals surface area contributed by atoms with Crippen LogP contribution in [0.3, 0.4) is 0 Å². The molecule has 4 nitrogen and oxygen atoms in total. The molecule has 0 aromatic carbocycles. The number of aryl methyl sites for hydroxylation is 2. The quantitative estimate of drug-likeness (QED) is 0.750. The molecule has 0 radical (unpaired) electrons. The summed E-state index contributed by atoms with van der Waals surface area (Å²) in [6.45, 7) is 4.49. The molecule has 1 heterocycles. The number of aromatic nitrogens is 2. The molecule has 1 unspecified atom stereocenters. The van der Waals surface area contributed by atoms with E-state index < -0.39 is 0 Å². The zero-order valence-corrected chi connectivity index (χ0v) is 8.66. The molecule has 1 aromatic heterocycles. The smallest absolute Gasteiger partial charge is 0.0978 e. The highest BCUT2D eigenvalue weighted by molar-refractivity contribution is 5.27. The van der Waals surface area contributed by atoms with Gasteiger partial charge >= 0.3 is 0 Å². The maximum Gasteiger partial charge on any atom is 0.0978 e. The van der Waals surface area contributed by atoms with Gasteiger partial charge in [-0.3, -0.25) is 4.68 Å². The monoisotopic (exact) mass is 183 g/mol. The van der Waals surface area contributed by atoms with Gasteiger partial charge in [-0.2, -0.15) is 5.10 Å². The van der Waals surface area contributed by atoms with Crippen molar-refractivity contribution in [1.82, 2.24) is 9.78 Å². The summed E-state index contributed by atoms with van der Waals surface area (Å²) in [6.07, 6.45) is -0.0336. The van der Waals surface area contributed by atoms with Crippen molar-refractivity contribution in [3.63, 3.8) is 0 Å². The minimum atomic E-state index is -0.0336. The van der Waals surface area contributed by atoms with Gasteiger partial charge in [0.15, 0.2) is 0 Å². The minimum absolute atomic E-state index is 0.0336. The lowest BCUT2D eigenvalue weighted by atomic mass is 10.1. The zero-order valence-electron chi connectivity index (χ0n) is 8.66. The number of nitrogens with two attached hydrogens (primary N) is 1. The van der Waals surface area contributed by atoms with Gasteiger partial charge in [0.2, 0.25) is 0 Å². The van der Waals surface area contributed by atoms with Crippen LogP contribution in [-0.2, 0) is 11.8 Å². The van der Waals surface area contributed by atoms with E-state index in [0.717, 1.165) is 17.0 Å². The number of nitrogens with zero attached hydrogens (tertiary/aromatic N) is 2. The summed E-state index contributed by atoms with van der Waals surface area (Å²) in [5, 5.41) is 4.31. The van der Waals surface area contributed by atoms with Crippen LogP contribution in [0.15, 0.2) is 0 Å². The molecule has 1 aromatic rings. The first-order valence-electron chi connectivity index (χ1n) is 4.34. The maximum absolute atomic E-state index is 5.60. The van der Waals surface area contributed by atoms with Crippen molar-refractivity contribution < 1.29 is 4.74 Å². The second kappa shape index (κ2) is 3.89. The highest BCUT2D eigenvalue weighted by atomic mass is 16.5. The summed E-state index contributed by atoms with van der Waals surface area (Å²) < 4.78 is 7.14. The van der Waals surface area contributed by atoms with E-state index in [1.54, 1.807) is 7.11 Å². The van der Waals surface area contributed by atoms with Crippen molar-refractivity contribution in [2.45, 2.75) is 20.0 Å². The largest absolute Gasteiger partial charge is 0.375 e. The van der Waals surface area contributed by atoms with E-state index in [1.165, 1.54) is 0 Å². The fourth-order valence-corrected chi connectivity index (χ4v) is 1.59. The van der Waals surface area contributed by atoms with Gasteiger partial charge in [-0.05, 0) is 13.8 Å². The minimum Gasteiger partial charge on any atom is -0.375 e. The summed E-state index contributed by atoms with van der Waals surface area (Å²) in [5.41, 5.74) is 8.84. The number of rotatable bonds is 3. The zero-order chi connectivity index (χ0) is 10.0. The molecule has 4 heteroatoms. The van der Waals surface area contributed by atoms with Crippen LogP contribution in [0.25, 0.3) is 0 Å². The first-order valence-corrected chi connectivity index (χ1v) is 4.34. The number of ether oxygens (including phenoxy) is 1. The molecule has 0 saturated heterocycles. The Bertz CT molecular complexity index is 289. The van der Waals surface area contributed by atoms with Crippen LogP contribution in [0.5, 0.6) is 0 Å². The predicted molar refractivity (Wildman–Crippen MR) is 51.5 cm³/mol. The van der Waals surface area contributed by atoms with E-state index in [4.69, 9.17) is 10.5 Å². The van der Waals surface area contributed by atoms with Gasteiger partial charge in [-0.15, -0.1) is 0 Å². The molecule has 74 valence electrons. The van der Waals surface area contributed by atoms with Crippen LogP contribution in [0.2, 0.25) is 0 Å². The molecule has 2 N–H and O–H groups in total. The van der Waals surface area contributed by atoms with Crippen molar-refractivity contribution in [3.8, 4) is 0 Å². The Morgan fingerprint density at radius 3 is 2.46 bits per heavy atom. The second-order valence-electron chi connectivity index (χ2n) is 3.17. The summed E-state index contributed by atoms with van der Waals surface area (Å²) in [4.78, 5) is 0. The predicted octanol–water partition coefficient (Wildman–Crippen LogP) is 0.683. The standard InChI is InChI=1S/C9H17N3O/c1-6-9(8(5-10)13-4)7(2)12(3)11-6/h8H,5,10H2,1-4H3. The summed E-state index contributed by atoms with van der Waals surface area (Å²) in [6, 6.07) is 0. The molecule has 0 fully saturated rings. The molecule has 0 aliphatic carbocycles. The first kappa shape index (κ1) is 10.2. The lowest BCUT2D eigenvalue weighted by Crippen LogP contribution is -2.15. The van der Waals surface area contributed by atoms with Gasteiger partial charge in [-0.25, -0.2) is 0 Å². The molecule has 0 bridgehead atoms. The Hall–Kier alpha value is -0.870. The molecule has 13 heavy (non-hydrogen) atoms. The molecular weight excluding hydrogens is 166 g/mol. The fraction of sp³-hybridized carbons (Fsp3) is 0.667. The normalized spacial score (nSPS) is 13.3. The molecule has 0 spiro atoms. The van der Waals surface area contributed by atoms with Crippen LogP contribution in [-0.4, -0.2) is 23.4 Å². The van der Waals surface area contributed by atoms with E-state index in [0.29, 0.717) is 6.54 Å². The van der Waals surface area contributed by atoms with Crippen molar-refractivity contribution >= 4 is 0 Å².